The standard InChI is InChI=1S/C14H21N3/c1-11-7-13(8-12(2)16-11)17-6-4-14(10-17)3-5-15-9-14/h7-8,15H,3-6,9-10H2,1-2H3/t14-/m0/s1. The number of aryl methyl sites for hydroxylation is 2. The van der Waals surface area contributed by atoms with Gasteiger partial charge in [-0.2, -0.15) is 0 Å². The fourth-order valence-corrected chi connectivity index (χ4v) is 3.29. The van der Waals surface area contributed by atoms with Crippen LogP contribution in [0.1, 0.15) is 24.2 Å². The summed E-state index contributed by atoms with van der Waals surface area (Å²) in [5.41, 5.74) is 4.17. The van der Waals surface area contributed by atoms with Crippen molar-refractivity contribution >= 4 is 5.69 Å². The molecule has 17 heavy (non-hydrogen) atoms. The Morgan fingerprint density at radius 2 is 2.00 bits per heavy atom. The molecule has 1 aromatic rings. The summed E-state index contributed by atoms with van der Waals surface area (Å²) >= 11 is 0. The zero-order valence-corrected chi connectivity index (χ0v) is 10.8. The van der Waals surface area contributed by atoms with E-state index in [1.54, 1.807) is 0 Å². The van der Waals surface area contributed by atoms with Crippen molar-refractivity contribution in [2.24, 2.45) is 5.41 Å². The van der Waals surface area contributed by atoms with Gasteiger partial charge in [0.15, 0.2) is 0 Å². The van der Waals surface area contributed by atoms with E-state index in [1.807, 2.05) is 0 Å². The van der Waals surface area contributed by atoms with Crippen LogP contribution in [0.2, 0.25) is 0 Å². The average Bonchev–Trinajstić information content (AvgIpc) is 2.88. The summed E-state index contributed by atoms with van der Waals surface area (Å²) in [7, 11) is 0. The molecule has 0 amide bonds. The van der Waals surface area contributed by atoms with Crippen LogP contribution in [0.3, 0.4) is 0 Å². The summed E-state index contributed by atoms with van der Waals surface area (Å²) in [6.07, 6.45) is 2.67. The van der Waals surface area contributed by atoms with Gasteiger partial charge in [-0.25, -0.2) is 0 Å². The third-order valence-corrected chi connectivity index (χ3v) is 4.20. The topological polar surface area (TPSA) is 28.2 Å². The molecule has 2 saturated heterocycles. The Bertz CT molecular complexity index is 401. The zero-order valence-electron chi connectivity index (χ0n) is 10.8. The van der Waals surface area contributed by atoms with Crippen molar-refractivity contribution in [2.45, 2.75) is 26.7 Å². The molecule has 3 rings (SSSR count). The first-order chi connectivity index (χ1) is 8.17. The first-order valence-corrected chi connectivity index (χ1v) is 6.58. The van der Waals surface area contributed by atoms with Gasteiger partial charge in [0.2, 0.25) is 0 Å². The van der Waals surface area contributed by atoms with Gasteiger partial charge in [0.05, 0.1) is 0 Å². The van der Waals surface area contributed by atoms with Gasteiger partial charge in [-0.05, 0) is 45.4 Å². The lowest BCUT2D eigenvalue weighted by molar-refractivity contribution is 0.369. The predicted molar refractivity (Wildman–Crippen MR) is 70.5 cm³/mol. The second kappa shape index (κ2) is 3.98. The van der Waals surface area contributed by atoms with Gasteiger partial charge in [-0.3, -0.25) is 4.98 Å². The Balaban J connectivity index is 1.81. The number of pyridine rings is 1. The van der Waals surface area contributed by atoms with E-state index in [9.17, 15) is 0 Å². The smallest absolute Gasteiger partial charge is 0.0402 e. The molecule has 2 aliphatic heterocycles. The summed E-state index contributed by atoms with van der Waals surface area (Å²) < 4.78 is 0. The maximum Gasteiger partial charge on any atom is 0.0402 e. The molecule has 0 aliphatic carbocycles. The van der Waals surface area contributed by atoms with Gasteiger partial charge in [0.1, 0.15) is 0 Å². The molecule has 0 radical (unpaired) electrons. The molecule has 0 bridgehead atoms. The molecule has 0 unspecified atom stereocenters. The van der Waals surface area contributed by atoms with Crippen LogP contribution in [0.25, 0.3) is 0 Å². The minimum atomic E-state index is 0.547. The highest BCUT2D eigenvalue weighted by atomic mass is 15.2. The molecule has 0 saturated carbocycles. The third-order valence-electron chi connectivity index (χ3n) is 4.20. The minimum Gasteiger partial charge on any atom is -0.371 e. The Morgan fingerprint density at radius 1 is 1.24 bits per heavy atom. The van der Waals surface area contributed by atoms with E-state index < -0.39 is 0 Å². The lowest BCUT2D eigenvalue weighted by Gasteiger charge is -2.24. The van der Waals surface area contributed by atoms with E-state index in [0.29, 0.717) is 5.41 Å². The Morgan fingerprint density at radius 3 is 2.65 bits per heavy atom. The predicted octanol–water partition coefficient (Wildman–Crippen LogP) is 1.89. The van der Waals surface area contributed by atoms with Crippen LogP contribution >= 0.6 is 0 Å². The first-order valence-electron chi connectivity index (χ1n) is 6.58. The average molecular weight is 231 g/mol. The van der Waals surface area contributed by atoms with Crippen molar-refractivity contribution in [1.82, 2.24) is 10.3 Å². The number of nitrogens with one attached hydrogen (secondary N) is 1. The second-order valence-corrected chi connectivity index (χ2v) is 5.71. The number of rotatable bonds is 1. The minimum absolute atomic E-state index is 0.547. The largest absolute Gasteiger partial charge is 0.371 e. The van der Waals surface area contributed by atoms with E-state index in [-0.39, 0.29) is 0 Å². The molecule has 1 spiro atoms. The van der Waals surface area contributed by atoms with Crippen LogP contribution in [0.5, 0.6) is 0 Å². The molecule has 2 fully saturated rings. The first kappa shape index (κ1) is 11.0. The van der Waals surface area contributed by atoms with Crippen molar-refractivity contribution in [3.05, 3.63) is 23.5 Å². The number of aromatic nitrogens is 1. The molecule has 1 atom stereocenters. The number of anilines is 1. The highest BCUT2D eigenvalue weighted by Crippen LogP contribution is 2.38. The highest BCUT2D eigenvalue weighted by Gasteiger charge is 2.40. The Hall–Kier alpha value is -1.09. The summed E-state index contributed by atoms with van der Waals surface area (Å²) in [5.74, 6) is 0. The van der Waals surface area contributed by atoms with Crippen molar-refractivity contribution < 1.29 is 0 Å². The van der Waals surface area contributed by atoms with Crippen LogP contribution < -0.4 is 10.2 Å². The van der Waals surface area contributed by atoms with Gasteiger partial charge < -0.3 is 10.2 Å². The van der Waals surface area contributed by atoms with Crippen LogP contribution in [0, 0.1) is 19.3 Å². The maximum absolute atomic E-state index is 4.46. The molecule has 2 aliphatic rings. The molecule has 3 heteroatoms. The number of nitrogens with zero attached hydrogens (tertiary/aromatic N) is 2. The van der Waals surface area contributed by atoms with E-state index >= 15 is 0 Å². The van der Waals surface area contributed by atoms with Crippen LogP contribution in [-0.2, 0) is 0 Å². The quantitative estimate of drug-likeness (QED) is 0.800. The summed E-state index contributed by atoms with van der Waals surface area (Å²) in [6, 6.07) is 4.43. The van der Waals surface area contributed by atoms with E-state index in [2.05, 4.69) is 41.2 Å². The van der Waals surface area contributed by atoms with Gasteiger partial charge in [-0.15, -0.1) is 0 Å². The van der Waals surface area contributed by atoms with Crippen molar-refractivity contribution in [2.75, 3.05) is 31.1 Å². The zero-order chi connectivity index (χ0) is 11.9. The second-order valence-electron chi connectivity index (χ2n) is 5.71. The molecule has 1 aromatic heterocycles. The van der Waals surface area contributed by atoms with Gasteiger partial charge in [-0.1, -0.05) is 0 Å². The fraction of sp³-hybridized carbons (Fsp3) is 0.643. The lowest BCUT2D eigenvalue weighted by Crippen LogP contribution is -2.29. The molecular weight excluding hydrogens is 210 g/mol. The Labute approximate surface area is 103 Å². The van der Waals surface area contributed by atoms with Gasteiger partial charge in [0, 0.05) is 42.1 Å². The van der Waals surface area contributed by atoms with Crippen molar-refractivity contribution in [1.29, 1.82) is 0 Å². The lowest BCUT2D eigenvalue weighted by atomic mass is 9.86. The summed E-state index contributed by atoms with van der Waals surface area (Å²) in [5, 5.41) is 3.51. The Kier molecular flexibility index (Phi) is 2.58. The molecule has 0 aromatic carbocycles. The highest BCUT2D eigenvalue weighted by molar-refractivity contribution is 5.49. The van der Waals surface area contributed by atoms with Gasteiger partial charge >= 0.3 is 0 Å². The molecule has 3 heterocycles. The van der Waals surface area contributed by atoms with Crippen LogP contribution in [0.15, 0.2) is 12.1 Å². The molecule has 1 N–H and O–H groups in total. The van der Waals surface area contributed by atoms with Crippen LogP contribution in [0.4, 0.5) is 5.69 Å². The number of hydrogen-bond donors (Lipinski definition) is 1. The van der Waals surface area contributed by atoms with E-state index in [0.717, 1.165) is 11.4 Å². The maximum atomic E-state index is 4.46. The SMILES string of the molecule is Cc1cc(N2CC[C@]3(CCNC3)C2)cc(C)n1. The third kappa shape index (κ3) is 2.04. The summed E-state index contributed by atoms with van der Waals surface area (Å²) in [4.78, 5) is 6.99. The van der Waals surface area contributed by atoms with Crippen LogP contribution in [-0.4, -0.2) is 31.2 Å². The van der Waals surface area contributed by atoms with Crippen molar-refractivity contribution in [3.63, 3.8) is 0 Å². The normalized spacial score (nSPS) is 28.2. The monoisotopic (exact) mass is 231 g/mol. The van der Waals surface area contributed by atoms with E-state index in [1.165, 1.54) is 44.7 Å². The fourth-order valence-electron chi connectivity index (χ4n) is 3.29. The number of hydrogen-bond acceptors (Lipinski definition) is 3. The molecule has 3 nitrogen and oxygen atoms in total. The summed E-state index contributed by atoms with van der Waals surface area (Å²) in [6.45, 7) is 8.97. The molecular formula is C14H21N3. The molecule has 92 valence electrons. The van der Waals surface area contributed by atoms with Gasteiger partial charge in [0.25, 0.3) is 0 Å². The van der Waals surface area contributed by atoms with Crippen molar-refractivity contribution in [3.8, 4) is 0 Å². The van der Waals surface area contributed by atoms with E-state index in [4.69, 9.17) is 0 Å².